The molecule has 0 aliphatic heterocycles. The fourth-order valence-corrected chi connectivity index (χ4v) is 3.29. The summed E-state index contributed by atoms with van der Waals surface area (Å²) in [6.07, 6.45) is 0. The molecule has 10 heteroatoms. The zero-order valence-electron chi connectivity index (χ0n) is 13.6. The molecule has 0 fully saturated rings. The number of carbonyl (C=O) groups excluding carboxylic acids is 2. The van der Waals surface area contributed by atoms with Crippen LogP contribution in [0.1, 0.15) is 34.6 Å². The van der Waals surface area contributed by atoms with Crippen molar-refractivity contribution in [3.05, 3.63) is 59.7 Å². The summed E-state index contributed by atoms with van der Waals surface area (Å²) < 4.78 is 43.3. The van der Waals surface area contributed by atoms with Crippen LogP contribution in [0.4, 0.5) is 0 Å². The first-order valence-corrected chi connectivity index (χ1v) is 11.6. The number of hydrogen-bond acceptors (Lipinski definition) is 6. The molecule has 0 aliphatic rings. The van der Waals surface area contributed by atoms with E-state index in [2.05, 4.69) is 0 Å². The average Bonchev–Trinajstić information content (AvgIpc) is 2.54. The third-order valence-electron chi connectivity index (χ3n) is 3.06. The molecule has 0 radical (unpaired) electrons. The van der Waals surface area contributed by atoms with Crippen molar-refractivity contribution in [1.29, 1.82) is 0 Å². The first kappa shape index (κ1) is 22.3. The largest absolute Gasteiger partial charge is 0.295 e. The zero-order valence-corrected chi connectivity index (χ0v) is 16.8. The maximum Gasteiger partial charge on any atom is 0.261 e. The Labute approximate surface area is 160 Å². The Balaban J connectivity index is 0.000000260. The van der Waals surface area contributed by atoms with Crippen LogP contribution in [0, 0.1) is 0 Å². The first-order chi connectivity index (χ1) is 11.8. The van der Waals surface area contributed by atoms with Crippen molar-refractivity contribution in [2.24, 2.45) is 0 Å². The molecule has 2 aromatic rings. The average molecular weight is 437 g/mol. The molecule has 2 rings (SSSR count). The van der Waals surface area contributed by atoms with Crippen molar-refractivity contribution < 1.29 is 26.4 Å². The van der Waals surface area contributed by atoms with E-state index in [0.29, 0.717) is 11.1 Å². The van der Waals surface area contributed by atoms with Crippen molar-refractivity contribution in [3.63, 3.8) is 0 Å². The van der Waals surface area contributed by atoms with Gasteiger partial charge in [-0.15, -0.1) is 0 Å². The van der Waals surface area contributed by atoms with Crippen LogP contribution in [-0.4, -0.2) is 28.4 Å². The van der Waals surface area contributed by atoms with E-state index >= 15 is 0 Å². The van der Waals surface area contributed by atoms with E-state index in [1.807, 2.05) is 0 Å². The standard InChI is InChI=1S/2C8H7ClO3S/c1-6(10)7-2-4-8(5-3-7)13(9,11)12;1-6(10)7-3-2-4-8(5-7)13(9,11)12/h2*2-5H,1H3. The number of carbonyl (C=O) groups is 2. The number of hydrogen-bond donors (Lipinski definition) is 0. The van der Waals surface area contributed by atoms with Crippen LogP contribution < -0.4 is 0 Å². The van der Waals surface area contributed by atoms with Gasteiger partial charge < -0.3 is 0 Å². The van der Waals surface area contributed by atoms with E-state index < -0.39 is 18.1 Å². The van der Waals surface area contributed by atoms with Gasteiger partial charge in [0.25, 0.3) is 18.1 Å². The molecule has 0 aromatic heterocycles. The van der Waals surface area contributed by atoms with Gasteiger partial charge in [0.05, 0.1) is 9.79 Å². The van der Waals surface area contributed by atoms with Crippen LogP contribution in [0.3, 0.4) is 0 Å². The molecule has 0 saturated heterocycles. The van der Waals surface area contributed by atoms with Crippen molar-refractivity contribution in [1.82, 2.24) is 0 Å². The Morgan fingerprint density at radius 1 is 0.692 bits per heavy atom. The molecule has 0 N–H and O–H groups in total. The summed E-state index contributed by atoms with van der Waals surface area (Å²) in [6, 6.07) is 11.1. The molecule has 0 bridgehead atoms. The maximum atomic E-state index is 10.9. The van der Waals surface area contributed by atoms with Gasteiger partial charge in [-0.3, -0.25) is 9.59 Å². The number of rotatable bonds is 4. The summed E-state index contributed by atoms with van der Waals surface area (Å²) in [4.78, 5) is 21.7. The molecular weight excluding hydrogens is 423 g/mol. The van der Waals surface area contributed by atoms with E-state index in [-0.39, 0.29) is 21.4 Å². The highest BCUT2D eigenvalue weighted by molar-refractivity contribution is 8.14. The Hall–Kier alpha value is -1.74. The maximum absolute atomic E-state index is 10.9. The van der Waals surface area contributed by atoms with Gasteiger partial charge in [-0.25, -0.2) is 16.8 Å². The lowest BCUT2D eigenvalue weighted by Gasteiger charge is -1.98. The van der Waals surface area contributed by atoms with E-state index in [0.717, 1.165) is 0 Å². The van der Waals surface area contributed by atoms with Crippen molar-refractivity contribution in [3.8, 4) is 0 Å². The van der Waals surface area contributed by atoms with Gasteiger partial charge in [-0.2, -0.15) is 0 Å². The molecule has 0 unspecified atom stereocenters. The number of benzene rings is 2. The second-order valence-corrected chi connectivity index (χ2v) is 10.2. The highest BCUT2D eigenvalue weighted by Gasteiger charge is 2.11. The van der Waals surface area contributed by atoms with Gasteiger partial charge in [-0.1, -0.05) is 24.3 Å². The van der Waals surface area contributed by atoms with Gasteiger partial charge >= 0.3 is 0 Å². The van der Waals surface area contributed by atoms with E-state index in [4.69, 9.17) is 21.4 Å². The Morgan fingerprint density at radius 3 is 1.54 bits per heavy atom. The highest BCUT2D eigenvalue weighted by atomic mass is 35.7. The molecule has 0 spiro atoms. The minimum Gasteiger partial charge on any atom is -0.295 e. The van der Waals surface area contributed by atoms with Gasteiger partial charge in [0, 0.05) is 32.5 Å². The van der Waals surface area contributed by atoms with Crippen LogP contribution in [-0.2, 0) is 18.1 Å². The number of Topliss-reactive ketones (excluding diaryl/α,β-unsaturated/α-hetero) is 2. The second-order valence-electron chi connectivity index (χ2n) is 5.04. The smallest absolute Gasteiger partial charge is 0.261 e. The summed E-state index contributed by atoms with van der Waals surface area (Å²) in [5, 5.41) is 0. The molecule has 0 heterocycles. The summed E-state index contributed by atoms with van der Waals surface area (Å²) in [6.45, 7) is 2.77. The van der Waals surface area contributed by atoms with Crippen molar-refractivity contribution in [2.75, 3.05) is 0 Å². The molecule has 2 aromatic carbocycles. The Bertz CT molecular complexity index is 1030. The SMILES string of the molecule is CC(=O)c1ccc(S(=O)(=O)Cl)cc1.CC(=O)c1cccc(S(=O)(=O)Cl)c1. The molecule has 26 heavy (non-hydrogen) atoms. The normalized spacial score (nSPS) is 11.2. The highest BCUT2D eigenvalue weighted by Crippen LogP contribution is 2.16. The fourth-order valence-electron chi connectivity index (χ4n) is 1.72. The zero-order chi connectivity index (χ0) is 20.1. The fraction of sp³-hybridized carbons (Fsp3) is 0.125. The van der Waals surface area contributed by atoms with Crippen LogP contribution in [0.25, 0.3) is 0 Å². The third-order valence-corrected chi connectivity index (χ3v) is 5.79. The molecule has 140 valence electrons. The van der Waals surface area contributed by atoms with Crippen LogP contribution in [0.15, 0.2) is 58.3 Å². The van der Waals surface area contributed by atoms with Gasteiger partial charge in [0.2, 0.25) is 0 Å². The molecular formula is C16H14Cl2O6S2. The van der Waals surface area contributed by atoms with Gasteiger partial charge in [0.1, 0.15) is 0 Å². The minimum atomic E-state index is -3.74. The predicted molar refractivity (Wildman–Crippen MR) is 99.0 cm³/mol. The van der Waals surface area contributed by atoms with Crippen molar-refractivity contribution >= 4 is 51.0 Å². The molecule has 0 saturated carbocycles. The third kappa shape index (κ3) is 6.87. The lowest BCUT2D eigenvalue weighted by Crippen LogP contribution is -1.96. The first-order valence-electron chi connectivity index (χ1n) is 6.93. The number of ketones is 2. The van der Waals surface area contributed by atoms with Crippen molar-refractivity contribution in [2.45, 2.75) is 23.6 Å². The van der Waals surface area contributed by atoms with Gasteiger partial charge in [0.15, 0.2) is 11.6 Å². The Kier molecular flexibility index (Phi) is 7.52. The van der Waals surface area contributed by atoms with Crippen LogP contribution in [0.2, 0.25) is 0 Å². The van der Waals surface area contributed by atoms with Gasteiger partial charge in [-0.05, 0) is 38.1 Å². The lowest BCUT2D eigenvalue weighted by molar-refractivity contribution is 0.100. The van der Waals surface area contributed by atoms with Crippen LogP contribution >= 0.6 is 21.4 Å². The second kappa shape index (κ2) is 8.77. The quantitative estimate of drug-likeness (QED) is 0.535. The predicted octanol–water partition coefficient (Wildman–Crippen LogP) is 3.63. The summed E-state index contributed by atoms with van der Waals surface area (Å²) >= 11 is 0. The lowest BCUT2D eigenvalue weighted by atomic mass is 10.2. The minimum absolute atomic E-state index is 0.000772. The molecule has 6 nitrogen and oxygen atoms in total. The monoisotopic (exact) mass is 436 g/mol. The number of halogens is 2. The van der Waals surface area contributed by atoms with E-state index in [1.54, 1.807) is 0 Å². The Morgan fingerprint density at radius 2 is 1.15 bits per heavy atom. The summed E-state index contributed by atoms with van der Waals surface area (Å²) in [5.41, 5.74) is 0.797. The van der Waals surface area contributed by atoms with E-state index in [1.165, 1.54) is 62.4 Å². The summed E-state index contributed by atoms with van der Waals surface area (Å²) in [5.74, 6) is -0.305. The topological polar surface area (TPSA) is 102 Å². The summed E-state index contributed by atoms with van der Waals surface area (Å²) in [7, 11) is 2.75. The van der Waals surface area contributed by atoms with Crippen LogP contribution in [0.5, 0.6) is 0 Å². The molecule has 0 aliphatic carbocycles. The molecule has 0 amide bonds. The van der Waals surface area contributed by atoms with E-state index in [9.17, 15) is 26.4 Å². The molecule has 0 atom stereocenters.